The molecular weight excluding hydrogens is 472 g/mol. The van der Waals surface area contributed by atoms with Gasteiger partial charge in [0.05, 0.1) is 23.0 Å². The quantitative estimate of drug-likeness (QED) is 0.351. The topological polar surface area (TPSA) is 84.2 Å². The number of ether oxygens (including phenoxy) is 1. The van der Waals surface area contributed by atoms with Crippen molar-refractivity contribution in [3.8, 4) is 0 Å². The van der Waals surface area contributed by atoms with Gasteiger partial charge in [0.15, 0.2) is 0 Å². The highest BCUT2D eigenvalue weighted by Gasteiger charge is 2.35. The molecule has 0 N–H and O–H groups in total. The Bertz CT molecular complexity index is 1250. The van der Waals surface area contributed by atoms with Gasteiger partial charge in [-0.15, -0.1) is 0 Å². The third-order valence-electron chi connectivity index (χ3n) is 6.09. The number of pyridine rings is 1. The van der Waals surface area contributed by atoms with E-state index < -0.39 is 0 Å². The molecule has 0 saturated carbocycles. The molecular formula is C24H28N4O4S2. The molecule has 2 saturated heterocycles. The lowest BCUT2D eigenvalue weighted by Crippen LogP contribution is -2.39. The van der Waals surface area contributed by atoms with Gasteiger partial charge in [0.25, 0.3) is 11.5 Å². The molecule has 0 spiro atoms. The average Bonchev–Trinajstić information content (AvgIpc) is 3.09. The molecule has 4 heterocycles. The number of hydrogen-bond acceptors (Lipinski definition) is 8. The minimum atomic E-state index is -0.244. The first-order valence-corrected chi connectivity index (χ1v) is 12.7. The van der Waals surface area contributed by atoms with Crippen LogP contribution in [-0.2, 0) is 14.3 Å². The van der Waals surface area contributed by atoms with Crippen LogP contribution >= 0.6 is 24.0 Å². The number of aromatic nitrogens is 2. The zero-order valence-corrected chi connectivity index (χ0v) is 21.4. The fourth-order valence-electron chi connectivity index (χ4n) is 4.31. The fraction of sp³-hybridized carbons (Fsp3) is 0.458. The van der Waals surface area contributed by atoms with Gasteiger partial charge in [-0.2, -0.15) is 0 Å². The Balaban J connectivity index is 1.78. The Morgan fingerprint density at radius 2 is 2.03 bits per heavy atom. The molecule has 2 aliphatic rings. The molecule has 8 nitrogen and oxygen atoms in total. The minimum absolute atomic E-state index is 0.0711. The van der Waals surface area contributed by atoms with Crippen molar-refractivity contribution >= 4 is 57.7 Å². The second kappa shape index (κ2) is 9.87. The number of nitrogens with zero attached hydrogens (tertiary/aromatic N) is 4. The van der Waals surface area contributed by atoms with Gasteiger partial charge < -0.3 is 9.64 Å². The van der Waals surface area contributed by atoms with Crippen LogP contribution in [-0.4, -0.2) is 56.2 Å². The van der Waals surface area contributed by atoms with Gasteiger partial charge in [-0.25, -0.2) is 4.98 Å². The summed E-state index contributed by atoms with van der Waals surface area (Å²) < 4.78 is 7.18. The van der Waals surface area contributed by atoms with E-state index in [1.807, 2.05) is 31.7 Å². The van der Waals surface area contributed by atoms with Crippen molar-refractivity contribution in [3.63, 3.8) is 0 Å². The summed E-state index contributed by atoms with van der Waals surface area (Å²) >= 11 is 6.61. The monoisotopic (exact) mass is 500 g/mol. The number of piperidine rings is 1. The van der Waals surface area contributed by atoms with E-state index in [1.165, 1.54) is 16.2 Å². The van der Waals surface area contributed by atoms with Crippen LogP contribution in [0.5, 0.6) is 0 Å². The number of hydrogen-bond donors (Lipinski definition) is 0. The summed E-state index contributed by atoms with van der Waals surface area (Å²) in [6.07, 6.45) is 4.54. The van der Waals surface area contributed by atoms with E-state index >= 15 is 0 Å². The predicted octanol–water partition coefficient (Wildman–Crippen LogP) is 3.39. The molecule has 10 heteroatoms. The summed E-state index contributed by atoms with van der Waals surface area (Å²) in [6, 6.07) is 3.64. The standard InChI is InChI=1S/C24H28N4O4S2/c1-5-32-23(31)16-8-11-26(12-9-16)20-17(13-18-22(30)28(14(2)3)24(33)34-18)21(29)27-10-6-7-15(4)19(27)25-20/h6-7,10,13-14,16H,5,8-9,11-12H2,1-4H3. The van der Waals surface area contributed by atoms with E-state index in [0.29, 0.717) is 58.8 Å². The smallest absolute Gasteiger partial charge is 0.309 e. The molecule has 2 aliphatic heterocycles. The minimum Gasteiger partial charge on any atom is -0.466 e. The third kappa shape index (κ3) is 4.48. The lowest BCUT2D eigenvalue weighted by molar-refractivity contribution is -0.148. The van der Waals surface area contributed by atoms with Crippen LogP contribution in [0.15, 0.2) is 28.0 Å². The van der Waals surface area contributed by atoms with Crippen molar-refractivity contribution in [2.75, 3.05) is 24.6 Å². The number of amides is 1. The Kier molecular flexibility index (Phi) is 7.09. The molecule has 2 aromatic rings. The lowest BCUT2D eigenvalue weighted by Gasteiger charge is -2.32. The molecule has 0 bridgehead atoms. The van der Waals surface area contributed by atoms with Crippen LogP contribution in [0.2, 0.25) is 0 Å². The molecule has 2 aromatic heterocycles. The lowest BCUT2D eigenvalue weighted by atomic mass is 9.96. The predicted molar refractivity (Wildman–Crippen MR) is 138 cm³/mol. The highest BCUT2D eigenvalue weighted by molar-refractivity contribution is 8.26. The number of carbonyl (C=O) groups excluding carboxylic acids is 2. The van der Waals surface area contributed by atoms with E-state index in [-0.39, 0.29) is 29.4 Å². The van der Waals surface area contributed by atoms with Gasteiger partial charge in [0.2, 0.25) is 0 Å². The molecule has 34 heavy (non-hydrogen) atoms. The third-order valence-corrected chi connectivity index (χ3v) is 7.42. The van der Waals surface area contributed by atoms with E-state index in [4.69, 9.17) is 21.9 Å². The first-order valence-electron chi connectivity index (χ1n) is 11.4. The van der Waals surface area contributed by atoms with Crippen LogP contribution in [0, 0.1) is 12.8 Å². The molecule has 0 unspecified atom stereocenters. The first kappa shape index (κ1) is 24.4. The maximum absolute atomic E-state index is 13.6. The van der Waals surface area contributed by atoms with Crippen molar-refractivity contribution in [1.82, 2.24) is 14.3 Å². The molecule has 4 rings (SSSR count). The summed E-state index contributed by atoms with van der Waals surface area (Å²) in [5.74, 6) is -0.0190. The average molecular weight is 501 g/mol. The number of esters is 1. The number of rotatable bonds is 5. The maximum atomic E-state index is 13.6. The van der Waals surface area contributed by atoms with E-state index in [0.717, 1.165) is 5.56 Å². The molecule has 180 valence electrons. The van der Waals surface area contributed by atoms with E-state index in [9.17, 15) is 14.4 Å². The van der Waals surface area contributed by atoms with Gasteiger partial charge in [-0.05, 0) is 58.2 Å². The number of thioether (sulfide) groups is 1. The van der Waals surface area contributed by atoms with Crippen molar-refractivity contribution < 1.29 is 14.3 Å². The van der Waals surface area contributed by atoms with Crippen LogP contribution in [0.25, 0.3) is 11.7 Å². The van der Waals surface area contributed by atoms with Crippen molar-refractivity contribution in [3.05, 3.63) is 44.7 Å². The van der Waals surface area contributed by atoms with Crippen molar-refractivity contribution in [2.24, 2.45) is 5.92 Å². The molecule has 0 aromatic carbocycles. The zero-order chi connectivity index (χ0) is 24.6. The Morgan fingerprint density at radius 3 is 2.65 bits per heavy atom. The molecule has 1 amide bonds. The summed E-state index contributed by atoms with van der Waals surface area (Å²) in [6.45, 7) is 9.00. The van der Waals surface area contributed by atoms with E-state index in [2.05, 4.69) is 0 Å². The largest absolute Gasteiger partial charge is 0.466 e. The fourth-order valence-corrected chi connectivity index (χ4v) is 5.82. The van der Waals surface area contributed by atoms with Crippen LogP contribution in [0.4, 0.5) is 5.82 Å². The van der Waals surface area contributed by atoms with Crippen LogP contribution in [0.1, 0.15) is 44.7 Å². The van der Waals surface area contributed by atoms with Crippen LogP contribution in [0.3, 0.4) is 0 Å². The van der Waals surface area contributed by atoms with Gasteiger partial charge in [0, 0.05) is 25.3 Å². The molecule has 0 radical (unpaired) electrons. The summed E-state index contributed by atoms with van der Waals surface area (Å²) in [5, 5.41) is 0. The number of thiocarbonyl (C=S) groups is 1. The second-order valence-corrected chi connectivity index (χ2v) is 10.4. The number of aryl methyl sites for hydroxylation is 1. The van der Waals surface area contributed by atoms with Crippen molar-refractivity contribution in [2.45, 2.75) is 46.6 Å². The van der Waals surface area contributed by atoms with Crippen LogP contribution < -0.4 is 10.5 Å². The molecule has 0 atom stereocenters. The molecule has 2 fully saturated rings. The normalized spacial score (nSPS) is 18.6. The van der Waals surface area contributed by atoms with Gasteiger partial charge in [0.1, 0.15) is 15.8 Å². The summed E-state index contributed by atoms with van der Waals surface area (Å²) in [7, 11) is 0. The maximum Gasteiger partial charge on any atom is 0.309 e. The second-order valence-electron chi connectivity index (χ2n) is 8.70. The summed E-state index contributed by atoms with van der Waals surface area (Å²) in [4.78, 5) is 47.7. The summed E-state index contributed by atoms with van der Waals surface area (Å²) in [5.41, 5.74) is 1.55. The van der Waals surface area contributed by atoms with Crippen molar-refractivity contribution in [1.29, 1.82) is 0 Å². The highest BCUT2D eigenvalue weighted by atomic mass is 32.2. The van der Waals surface area contributed by atoms with Gasteiger partial charge in [-0.1, -0.05) is 30.0 Å². The number of carbonyl (C=O) groups is 2. The molecule has 0 aliphatic carbocycles. The Hall–Kier alpha value is -2.72. The zero-order valence-electron chi connectivity index (χ0n) is 19.7. The Morgan fingerprint density at radius 1 is 1.32 bits per heavy atom. The Labute approximate surface area is 208 Å². The number of fused-ring (bicyclic) bond motifs is 1. The number of anilines is 1. The van der Waals surface area contributed by atoms with Gasteiger partial charge >= 0.3 is 5.97 Å². The first-order chi connectivity index (χ1) is 16.2. The SMILES string of the molecule is CCOC(=O)C1CCN(c2nc3c(C)cccn3c(=O)c2C=C2SC(=S)N(C(C)C)C2=O)CC1. The van der Waals surface area contributed by atoms with E-state index in [1.54, 1.807) is 30.2 Å². The van der Waals surface area contributed by atoms with Gasteiger partial charge in [-0.3, -0.25) is 23.7 Å². The highest BCUT2D eigenvalue weighted by Crippen LogP contribution is 2.35.